The van der Waals surface area contributed by atoms with Crippen molar-refractivity contribution in [3.05, 3.63) is 40.9 Å². The highest BCUT2D eigenvalue weighted by molar-refractivity contribution is 8.13. The molecule has 0 bridgehead atoms. The van der Waals surface area contributed by atoms with Crippen molar-refractivity contribution in [1.29, 1.82) is 0 Å². The second-order valence-electron chi connectivity index (χ2n) is 7.02. The van der Waals surface area contributed by atoms with Gasteiger partial charge < -0.3 is 14.4 Å². The molecule has 0 radical (unpaired) electrons. The summed E-state index contributed by atoms with van der Waals surface area (Å²) in [6.07, 6.45) is 1.84. The molecule has 7 heteroatoms. The minimum absolute atomic E-state index is 0.00158. The van der Waals surface area contributed by atoms with Gasteiger partial charge in [-0.05, 0) is 50.9 Å². The molecule has 5 nitrogen and oxygen atoms in total. The fourth-order valence-electron chi connectivity index (χ4n) is 2.33. The van der Waals surface area contributed by atoms with Gasteiger partial charge in [0.1, 0.15) is 0 Å². The molecule has 0 aromatic heterocycles. The van der Waals surface area contributed by atoms with Crippen molar-refractivity contribution in [1.82, 2.24) is 0 Å². The fourth-order valence-corrected chi connectivity index (χ4v) is 2.92. The third-order valence-electron chi connectivity index (χ3n) is 4.48. The van der Waals surface area contributed by atoms with E-state index in [1.165, 1.54) is 18.7 Å². The zero-order valence-electron chi connectivity index (χ0n) is 15.2. The number of hydrogen-bond acceptors (Lipinski definition) is 5. The van der Waals surface area contributed by atoms with E-state index < -0.39 is 24.3 Å². The molecule has 0 spiro atoms. The first kappa shape index (κ1) is 19.8. The predicted octanol–water partition coefficient (Wildman–Crippen LogP) is 3.68. The Kier molecular flexibility index (Phi) is 5.81. The van der Waals surface area contributed by atoms with Gasteiger partial charge in [0.05, 0.1) is 16.8 Å². The van der Waals surface area contributed by atoms with Gasteiger partial charge in [-0.2, -0.15) is 0 Å². The van der Waals surface area contributed by atoms with E-state index in [2.05, 4.69) is 0 Å². The van der Waals surface area contributed by atoms with Gasteiger partial charge in [0.25, 0.3) is 0 Å². The first-order chi connectivity index (χ1) is 11.5. The van der Waals surface area contributed by atoms with Crippen LogP contribution in [0, 0.1) is 0 Å². The summed E-state index contributed by atoms with van der Waals surface area (Å²) in [5.74, 6) is -0.561. The lowest BCUT2D eigenvalue weighted by Crippen LogP contribution is -2.41. The second-order valence-corrected chi connectivity index (χ2v) is 8.17. The molecule has 1 aromatic carbocycles. The van der Waals surface area contributed by atoms with Crippen molar-refractivity contribution in [2.75, 3.05) is 5.75 Å². The first-order valence-corrected chi connectivity index (χ1v) is 9.03. The molecule has 1 heterocycles. The minimum atomic E-state index is -0.981. The van der Waals surface area contributed by atoms with Crippen molar-refractivity contribution >= 4 is 36.0 Å². The maximum absolute atomic E-state index is 11.4. The Morgan fingerprint density at radius 2 is 1.80 bits per heavy atom. The van der Waals surface area contributed by atoms with Crippen LogP contribution in [0.5, 0.6) is 0 Å². The van der Waals surface area contributed by atoms with Crippen LogP contribution in [0.3, 0.4) is 0 Å². The molecule has 1 aliphatic rings. The molecule has 1 aliphatic heterocycles. The predicted molar refractivity (Wildman–Crippen MR) is 101 cm³/mol. The number of carbonyl (C=O) groups is 2. The quantitative estimate of drug-likeness (QED) is 0.806. The second kappa shape index (κ2) is 7.36. The number of aromatic carboxylic acids is 1. The van der Waals surface area contributed by atoms with Crippen LogP contribution in [0.4, 0.5) is 0 Å². The summed E-state index contributed by atoms with van der Waals surface area (Å²) >= 11 is 1.17. The molecule has 1 saturated heterocycles. The van der Waals surface area contributed by atoms with Gasteiger partial charge in [-0.1, -0.05) is 30.0 Å². The Hall–Kier alpha value is -1.57. The average molecular weight is 362 g/mol. The Balaban J connectivity index is 2.35. The Morgan fingerprint density at radius 1 is 1.20 bits per heavy atom. The molecule has 0 atom stereocenters. The molecule has 0 unspecified atom stereocenters. The monoisotopic (exact) mass is 362 g/mol. The zero-order chi connectivity index (χ0) is 18.8. The lowest BCUT2D eigenvalue weighted by molar-refractivity contribution is -0.109. The van der Waals surface area contributed by atoms with Gasteiger partial charge in [0, 0.05) is 12.7 Å². The smallest absolute Gasteiger partial charge is 0.478 e. The molecule has 25 heavy (non-hydrogen) atoms. The number of carboxylic acids is 1. The Bertz CT molecular complexity index is 695. The number of thioether (sulfide) groups is 1. The molecule has 1 N–H and O–H groups in total. The molecule has 134 valence electrons. The molecule has 1 fully saturated rings. The molecular formula is C18H23BO5S. The van der Waals surface area contributed by atoms with Gasteiger partial charge in [-0.15, -0.1) is 0 Å². The first-order valence-electron chi connectivity index (χ1n) is 8.05. The topological polar surface area (TPSA) is 72.8 Å². The highest BCUT2D eigenvalue weighted by Gasteiger charge is 2.52. The van der Waals surface area contributed by atoms with Crippen LogP contribution in [0.1, 0.15) is 50.5 Å². The van der Waals surface area contributed by atoms with Gasteiger partial charge in [0.2, 0.25) is 0 Å². The van der Waals surface area contributed by atoms with Crippen LogP contribution < -0.4 is 0 Å². The molecule has 0 amide bonds. The normalized spacial score (nSPS) is 19.1. The van der Waals surface area contributed by atoms with Crippen LogP contribution in [0.15, 0.2) is 29.7 Å². The molecule has 1 aromatic rings. The summed E-state index contributed by atoms with van der Waals surface area (Å²) in [6, 6.07) is 6.63. The molecule has 0 aliphatic carbocycles. The van der Waals surface area contributed by atoms with Crippen LogP contribution >= 0.6 is 11.8 Å². The third kappa shape index (κ3) is 4.74. The van der Waals surface area contributed by atoms with Gasteiger partial charge >= 0.3 is 13.1 Å². The SMILES string of the molecule is CC(=O)SCC(=Cc1cccc(C(=O)O)c1)B1OC(C)(C)C(C)(C)O1. The maximum Gasteiger partial charge on any atom is 0.491 e. The van der Waals surface area contributed by atoms with Gasteiger partial charge in [-0.25, -0.2) is 4.79 Å². The van der Waals surface area contributed by atoms with E-state index in [9.17, 15) is 9.59 Å². The average Bonchev–Trinajstić information content (AvgIpc) is 2.71. The highest BCUT2D eigenvalue weighted by atomic mass is 32.2. The van der Waals surface area contributed by atoms with E-state index in [-0.39, 0.29) is 10.7 Å². The molecule has 0 saturated carbocycles. The molecular weight excluding hydrogens is 339 g/mol. The third-order valence-corrected chi connectivity index (χ3v) is 5.37. The Labute approximate surface area is 152 Å². The van der Waals surface area contributed by atoms with Crippen molar-refractivity contribution in [2.45, 2.75) is 45.8 Å². The number of carboxylic acid groups (broad SMARTS) is 1. The summed E-state index contributed by atoms with van der Waals surface area (Å²) in [5.41, 5.74) is 0.762. The van der Waals surface area contributed by atoms with Crippen LogP contribution in [-0.2, 0) is 14.1 Å². The summed E-state index contributed by atoms with van der Waals surface area (Å²) in [4.78, 5) is 22.6. The summed E-state index contributed by atoms with van der Waals surface area (Å²) < 4.78 is 12.2. The number of carbonyl (C=O) groups excluding carboxylic acids is 1. The van der Waals surface area contributed by atoms with Crippen LogP contribution in [-0.4, -0.2) is 40.3 Å². The van der Waals surface area contributed by atoms with E-state index in [1.807, 2.05) is 39.8 Å². The van der Waals surface area contributed by atoms with Gasteiger partial charge in [-0.3, -0.25) is 4.79 Å². The van der Waals surface area contributed by atoms with Crippen LogP contribution in [0.25, 0.3) is 6.08 Å². The fraction of sp³-hybridized carbons (Fsp3) is 0.444. The Morgan fingerprint density at radius 3 is 2.32 bits per heavy atom. The van der Waals surface area contributed by atoms with Crippen LogP contribution in [0.2, 0.25) is 0 Å². The summed E-state index contributed by atoms with van der Waals surface area (Å²) in [6.45, 7) is 9.38. The van der Waals surface area contributed by atoms with E-state index in [1.54, 1.807) is 18.2 Å². The summed E-state index contributed by atoms with van der Waals surface area (Å²) in [7, 11) is -0.578. The van der Waals surface area contributed by atoms with E-state index >= 15 is 0 Å². The number of benzene rings is 1. The highest BCUT2D eigenvalue weighted by Crippen LogP contribution is 2.39. The minimum Gasteiger partial charge on any atom is -0.478 e. The van der Waals surface area contributed by atoms with Crippen molar-refractivity contribution in [3.8, 4) is 0 Å². The number of hydrogen-bond donors (Lipinski definition) is 1. The van der Waals surface area contributed by atoms with Gasteiger partial charge in [0.15, 0.2) is 5.12 Å². The molecule has 2 rings (SSSR count). The lowest BCUT2D eigenvalue weighted by atomic mass is 9.78. The number of rotatable bonds is 5. The standard InChI is InChI=1S/C18H23BO5S/c1-12(20)25-11-15(19-23-17(2,3)18(4,5)24-19)10-13-7-6-8-14(9-13)16(21)22/h6-10H,11H2,1-5H3,(H,21,22). The largest absolute Gasteiger partial charge is 0.491 e. The van der Waals surface area contributed by atoms with Crippen molar-refractivity contribution < 1.29 is 24.0 Å². The van der Waals surface area contributed by atoms with E-state index in [4.69, 9.17) is 14.4 Å². The zero-order valence-corrected chi connectivity index (χ0v) is 16.0. The van der Waals surface area contributed by atoms with E-state index in [0.717, 1.165) is 11.0 Å². The van der Waals surface area contributed by atoms with Crippen molar-refractivity contribution in [2.24, 2.45) is 0 Å². The maximum atomic E-state index is 11.4. The van der Waals surface area contributed by atoms with Crippen molar-refractivity contribution in [3.63, 3.8) is 0 Å². The lowest BCUT2D eigenvalue weighted by Gasteiger charge is -2.32. The van der Waals surface area contributed by atoms with E-state index in [0.29, 0.717) is 5.75 Å². The summed E-state index contributed by atoms with van der Waals surface area (Å²) in [5, 5.41) is 9.15.